The van der Waals surface area contributed by atoms with Gasteiger partial charge in [0.1, 0.15) is 5.82 Å². The Morgan fingerprint density at radius 1 is 1.00 bits per heavy atom. The van der Waals surface area contributed by atoms with E-state index in [0.29, 0.717) is 22.5 Å². The number of rotatable bonds is 6. The van der Waals surface area contributed by atoms with Crippen molar-refractivity contribution in [3.63, 3.8) is 0 Å². The molecule has 0 atom stereocenters. The molecule has 2 aromatic carbocycles. The summed E-state index contributed by atoms with van der Waals surface area (Å²) in [6.45, 7) is 1.38. The number of anilines is 3. The van der Waals surface area contributed by atoms with Gasteiger partial charge in [-0.25, -0.2) is 4.98 Å². The summed E-state index contributed by atoms with van der Waals surface area (Å²) in [5.41, 5.74) is 7.13. The summed E-state index contributed by atoms with van der Waals surface area (Å²) in [6.07, 6.45) is 0.866. The molecule has 0 radical (unpaired) electrons. The molecule has 0 saturated carbocycles. The first-order valence-corrected chi connectivity index (χ1v) is 8.35. The van der Waals surface area contributed by atoms with Crippen LogP contribution in [0.25, 0.3) is 10.9 Å². The molecule has 5 nitrogen and oxygen atoms in total. The fraction of sp³-hybridized carbons (Fsp3) is 0.176. The van der Waals surface area contributed by atoms with E-state index in [0.717, 1.165) is 35.4 Å². The van der Waals surface area contributed by atoms with Gasteiger partial charge in [0, 0.05) is 27.7 Å². The maximum absolute atomic E-state index is 6.04. The van der Waals surface area contributed by atoms with E-state index >= 15 is 0 Å². The van der Waals surface area contributed by atoms with Crippen LogP contribution in [0.5, 0.6) is 0 Å². The lowest BCUT2D eigenvalue weighted by atomic mass is 10.2. The molecule has 0 aliphatic carbocycles. The average Bonchev–Trinajstić information content (AvgIpc) is 2.54. The van der Waals surface area contributed by atoms with Crippen LogP contribution in [-0.4, -0.2) is 23.1 Å². The molecule has 0 spiro atoms. The molecule has 124 valence electrons. The lowest BCUT2D eigenvalue weighted by molar-refractivity contribution is 0.871. The molecule has 3 aromatic rings. The fourth-order valence-corrected chi connectivity index (χ4v) is 2.86. The zero-order valence-electron chi connectivity index (χ0n) is 12.9. The van der Waals surface area contributed by atoms with Crippen LogP contribution >= 0.6 is 23.2 Å². The van der Waals surface area contributed by atoms with E-state index < -0.39 is 0 Å². The minimum atomic E-state index is 0.474. The average molecular weight is 362 g/mol. The van der Waals surface area contributed by atoms with Gasteiger partial charge in [-0.2, -0.15) is 4.98 Å². The van der Waals surface area contributed by atoms with E-state index in [4.69, 9.17) is 28.9 Å². The van der Waals surface area contributed by atoms with Gasteiger partial charge in [-0.05, 0) is 43.3 Å². The highest BCUT2D eigenvalue weighted by molar-refractivity contribution is 6.35. The van der Waals surface area contributed by atoms with E-state index in [1.165, 1.54) is 0 Å². The summed E-state index contributed by atoms with van der Waals surface area (Å²) in [6, 6.07) is 13.1. The number of nitrogens with one attached hydrogen (secondary N) is 2. The third kappa shape index (κ3) is 4.06. The predicted molar refractivity (Wildman–Crippen MR) is 101 cm³/mol. The van der Waals surface area contributed by atoms with Crippen molar-refractivity contribution in [1.82, 2.24) is 9.97 Å². The lowest BCUT2D eigenvalue weighted by Crippen LogP contribution is -2.10. The van der Waals surface area contributed by atoms with Crippen molar-refractivity contribution in [3.05, 3.63) is 52.5 Å². The second-order valence-electron chi connectivity index (χ2n) is 5.27. The van der Waals surface area contributed by atoms with Crippen LogP contribution in [0.2, 0.25) is 10.0 Å². The summed E-state index contributed by atoms with van der Waals surface area (Å²) in [4.78, 5) is 9.11. The molecule has 0 saturated heterocycles. The van der Waals surface area contributed by atoms with Gasteiger partial charge in [-0.1, -0.05) is 35.3 Å². The van der Waals surface area contributed by atoms with E-state index in [1.54, 1.807) is 18.2 Å². The monoisotopic (exact) mass is 361 g/mol. The molecule has 0 unspecified atom stereocenters. The number of benzene rings is 2. The van der Waals surface area contributed by atoms with Crippen molar-refractivity contribution < 1.29 is 0 Å². The number of aromatic nitrogens is 2. The SMILES string of the molecule is NCCCNc1nc(Nc2cc(Cl)cc(Cl)c2)nc2ccccc12. The Kier molecular flexibility index (Phi) is 5.35. The first-order chi connectivity index (χ1) is 11.7. The van der Waals surface area contributed by atoms with Crippen molar-refractivity contribution in [2.24, 2.45) is 5.73 Å². The van der Waals surface area contributed by atoms with Crippen molar-refractivity contribution in [2.75, 3.05) is 23.7 Å². The van der Waals surface area contributed by atoms with Crippen LogP contribution in [0.4, 0.5) is 17.5 Å². The molecule has 4 N–H and O–H groups in total. The van der Waals surface area contributed by atoms with E-state index in [2.05, 4.69) is 20.6 Å². The molecule has 24 heavy (non-hydrogen) atoms. The molecule has 1 heterocycles. The van der Waals surface area contributed by atoms with E-state index in [1.807, 2.05) is 24.3 Å². The summed E-state index contributed by atoms with van der Waals surface area (Å²) in [5.74, 6) is 1.24. The second-order valence-corrected chi connectivity index (χ2v) is 6.14. The van der Waals surface area contributed by atoms with Gasteiger partial charge in [0.15, 0.2) is 0 Å². The Bertz CT molecular complexity index is 833. The molecule has 0 bridgehead atoms. The van der Waals surface area contributed by atoms with Gasteiger partial charge in [-0.15, -0.1) is 0 Å². The zero-order chi connectivity index (χ0) is 16.9. The summed E-state index contributed by atoms with van der Waals surface area (Å²) < 4.78 is 0. The highest BCUT2D eigenvalue weighted by atomic mass is 35.5. The van der Waals surface area contributed by atoms with Crippen molar-refractivity contribution in [2.45, 2.75) is 6.42 Å². The second kappa shape index (κ2) is 7.66. The van der Waals surface area contributed by atoms with Crippen LogP contribution in [0.3, 0.4) is 0 Å². The Labute approximate surface area is 150 Å². The first kappa shape index (κ1) is 16.8. The fourth-order valence-electron chi connectivity index (χ4n) is 2.33. The minimum Gasteiger partial charge on any atom is -0.369 e. The van der Waals surface area contributed by atoms with Crippen LogP contribution in [0.15, 0.2) is 42.5 Å². The predicted octanol–water partition coefficient (Wildman–Crippen LogP) is 4.44. The Balaban J connectivity index is 1.95. The Morgan fingerprint density at radius 3 is 2.50 bits per heavy atom. The molecule has 0 aliphatic heterocycles. The van der Waals surface area contributed by atoms with Crippen LogP contribution in [-0.2, 0) is 0 Å². The maximum Gasteiger partial charge on any atom is 0.229 e. The quantitative estimate of drug-likeness (QED) is 0.565. The molecule has 7 heteroatoms. The van der Waals surface area contributed by atoms with Gasteiger partial charge in [0.2, 0.25) is 5.95 Å². The van der Waals surface area contributed by atoms with Crippen molar-refractivity contribution >= 4 is 51.6 Å². The molecular weight excluding hydrogens is 345 g/mol. The van der Waals surface area contributed by atoms with Crippen molar-refractivity contribution in [1.29, 1.82) is 0 Å². The number of nitrogens with two attached hydrogens (primary N) is 1. The van der Waals surface area contributed by atoms with Gasteiger partial charge in [0.05, 0.1) is 5.52 Å². The lowest BCUT2D eigenvalue weighted by Gasteiger charge is -2.12. The topological polar surface area (TPSA) is 75.9 Å². The molecule has 0 aliphatic rings. The highest BCUT2D eigenvalue weighted by Gasteiger charge is 2.08. The van der Waals surface area contributed by atoms with Gasteiger partial charge in [-0.3, -0.25) is 0 Å². The first-order valence-electron chi connectivity index (χ1n) is 7.59. The van der Waals surface area contributed by atoms with Crippen LogP contribution < -0.4 is 16.4 Å². The molecule has 3 rings (SSSR count). The van der Waals surface area contributed by atoms with E-state index in [-0.39, 0.29) is 0 Å². The number of halogens is 2. The number of hydrogen-bond acceptors (Lipinski definition) is 5. The van der Waals surface area contributed by atoms with Gasteiger partial charge in [0.25, 0.3) is 0 Å². The standard InChI is InChI=1S/C17H17Cl2N5/c18-11-8-12(19)10-13(9-11)22-17-23-15-5-2-1-4-14(15)16(24-17)21-7-3-6-20/h1-2,4-5,8-10H,3,6-7,20H2,(H2,21,22,23,24). The van der Waals surface area contributed by atoms with Crippen LogP contribution in [0, 0.1) is 0 Å². The molecular formula is C17H17Cl2N5. The third-order valence-corrected chi connectivity index (χ3v) is 3.83. The number of para-hydroxylation sites is 1. The van der Waals surface area contributed by atoms with E-state index in [9.17, 15) is 0 Å². The number of fused-ring (bicyclic) bond motifs is 1. The number of hydrogen-bond donors (Lipinski definition) is 3. The summed E-state index contributed by atoms with van der Waals surface area (Å²) >= 11 is 12.1. The molecule has 0 amide bonds. The summed E-state index contributed by atoms with van der Waals surface area (Å²) in [5, 5.41) is 8.53. The third-order valence-electron chi connectivity index (χ3n) is 3.40. The largest absolute Gasteiger partial charge is 0.369 e. The van der Waals surface area contributed by atoms with Gasteiger partial charge >= 0.3 is 0 Å². The van der Waals surface area contributed by atoms with Crippen molar-refractivity contribution in [3.8, 4) is 0 Å². The maximum atomic E-state index is 6.04. The van der Waals surface area contributed by atoms with Gasteiger partial charge < -0.3 is 16.4 Å². The Hall–Kier alpha value is -2.08. The normalized spacial score (nSPS) is 10.8. The minimum absolute atomic E-state index is 0.474. The molecule has 0 fully saturated rings. The zero-order valence-corrected chi connectivity index (χ0v) is 14.4. The summed E-state index contributed by atoms with van der Waals surface area (Å²) in [7, 11) is 0. The Morgan fingerprint density at radius 2 is 1.75 bits per heavy atom. The smallest absolute Gasteiger partial charge is 0.229 e. The molecule has 1 aromatic heterocycles. The highest BCUT2D eigenvalue weighted by Crippen LogP contribution is 2.26. The van der Waals surface area contributed by atoms with Crippen LogP contribution in [0.1, 0.15) is 6.42 Å². The number of nitrogens with zero attached hydrogens (tertiary/aromatic N) is 2.